The molecule has 0 aromatic heterocycles. The van der Waals surface area contributed by atoms with Gasteiger partial charge in [0, 0.05) is 10.0 Å². The summed E-state index contributed by atoms with van der Waals surface area (Å²) in [6.07, 6.45) is 0.576. The van der Waals surface area contributed by atoms with Crippen LogP contribution in [0, 0.1) is 0 Å². The van der Waals surface area contributed by atoms with Crippen molar-refractivity contribution in [2.75, 3.05) is 0 Å². The SMILES string of the molecule is CC[C@H](c1ccc(Cl)cc1Cl)N1C(=O)c2ccccc2C1=O. The monoisotopic (exact) mass is 333 g/mol. The van der Waals surface area contributed by atoms with E-state index in [0.29, 0.717) is 27.6 Å². The summed E-state index contributed by atoms with van der Waals surface area (Å²) in [5, 5.41) is 0.974. The van der Waals surface area contributed by atoms with Gasteiger partial charge < -0.3 is 0 Å². The van der Waals surface area contributed by atoms with Crippen LogP contribution in [0.25, 0.3) is 0 Å². The molecule has 0 bridgehead atoms. The molecule has 112 valence electrons. The van der Waals surface area contributed by atoms with Crippen molar-refractivity contribution in [2.45, 2.75) is 19.4 Å². The zero-order valence-corrected chi connectivity index (χ0v) is 13.4. The van der Waals surface area contributed by atoms with Crippen molar-refractivity contribution in [3.8, 4) is 0 Å². The molecule has 22 heavy (non-hydrogen) atoms. The smallest absolute Gasteiger partial charge is 0.262 e. The van der Waals surface area contributed by atoms with E-state index >= 15 is 0 Å². The molecular formula is C17H13Cl2NO2. The fourth-order valence-corrected chi connectivity index (χ4v) is 3.34. The van der Waals surface area contributed by atoms with E-state index in [0.717, 1.165) is 5.56 Å². The Labute approximate surface area is 138 Å². The molecule has 0 radical (unpaired) electrons. The van der Waals surface area contributed by atoms with Gasteiger partial charge >= 0.3 is 0 Å². The van der Waals surface area contributed by atoms with Crippen LogP contribution >= 0.6 is 23.2 Å². The van der Waals surface area contributed by atoms with Crippen molar-refractivity contribution < 1.29 is 9.59 Å². The summed E-state index contributed by atoms with van der Waals surface area (Å²) >= 11 is 12.2. The van der Waals surface area contributed by atoms with Gasteiger partial charge in [0.1, 0.15) is 0 Å². The zero-order valence-electron chi connectivity index (χ0n) is 11.8. The van der Waals surface area contributed by atoms with Gasteiger partial charge in [-0.15, -0.1) is 0 Å². The zero-order chi connectivity index (χ0) is 15.9. The van der Waals surface area contributed by atoms with Crippen LogP contribution in [0.2, 0.25) is 10.0 Å². The van der Waals surface area contributed by atoms with Gasteiger partial charge in [-0.1, -0.05) is 48.3 Å². The average Bonchev–Trinajstić information content (AvgIpc) is 2.75. The van der Waals surface area contributed by atoms with Crippen LogP contribution in [0.3, 0.4) is 0 Å². The number of nitrogens with zero attached hydrogens (tertiary/aromatic N) is 1. The molecule has 0 spiro atoms. The van der Waals surface area contributed by atoms with E-state index in [1.54, 1.807) is 42.5 Å². The van der Waals surface area contributed by atoms with Crippen molar-refractivity contribution in [1.29, 1.82) is 0 Å². The van der Waals surface area contributed by atoms with Gasteiger partial charge in [0.15, 0.2) is 0 Å². The molecule has 0 unspecified atom stereocenters. The molecule has 1 aliphatic rings. The molecule has 2 aromatic rings. The standard InChI is InChI=1S/C17H13Cl2NO2/c1-2-15(13-8-7-10(18)9-14(13)19)20-16(21)11-5-3-4-6-12(11)17(20)22/h3-9,15H,2H2,1H3/t15-/m1/s1. The van der Waals surface area contributed by atoms with E-state index in [9.17, 15) is 9.59 Å². The van der Waals surface area contributed by atoms with E-state index in [1.807, 2.05) is 6.92 Å². The third-order valence-corrected chi connectivity index (χ3v) is 4.41. The minimum Gasteiger partial charge on any atom is -0.269 e. The molecule has 1 aliphatic heterocycles. The van der Waals surface area contributed by atoms with E-state index in [2.05, 4.69) is 0 Å². The van der Waals surface area contributed by atoms with Crippen molar-refractivity contribution in [3.05, 3.63) is 69.2 Å². The molecule has 1 heterocycles. The molecular weight excluding hydrogens is 321 g/mol. The van der Waals surface area contributed by atoms with E-state index in [1.165, 1.54) is 4.90 Å². The minimum absolute atomic E-state index is 0.279. The van der Waals surface area contributed by atoms with Gasteiger partial charge in [0.2, 0.25) is 0 Å². The third-order valence-electron chi connectivity index (χ3n) is 3.85. The Bertz CT molecular complexity index is 738. The summed E-state index contributed by atoms with van der Waals surface area (Å²) in [6.45, 7) is 1.92. The lowest BCUT2D eigenvalue weighted by atomic mass is 10.0. The largest absolute Gasteiger partial charge is 0.269 e. The van der Waals surface area contributed by atoms with Gasteiger partial charge in [-0.3, -0.25) is 14.5 Å². The maximum Gasteiger partial charge on any atom is 0.262 e. The van der Waals surface area contributed by atoms with Crippen molar-refractivity contribution >= 4 is 35.0 Å². The highest BCUT2D eigenvalue weighted by Gasteiger charge is 2.40. The first-order valence-electron chi connectivity index (χ1n) is 6.96. The molecule has 2 amide bonds. The summed E-state index contributed by atoms with van der Waals surface area (Å²) < 4.78 is 0. The van der Waals surface area contributed by atoms with Crippen LogP contribution < -0.4 is 0 Å². The number of fused-ring (bicyclic) bond motifs is 1. The van der Waals surface area contributed by atoms with Crippen molar-refractivity contribution in [3.63, 3.8) is 0 Å². The Balaban J connectivity index is 2.06. The normalized spacial score (nSPS) is 15.1. The number of carbonyl (C=O) groups excluding carboxylic acids is 2. The lowest BCUT2D eigenvalue weighted by Gasteiger charge is -2.26. The Kier molecular flexibility index (Phi) is 3.94. The van der Waals surface area contributed by atoms with Gasteiger partial charge in [-0.05, 0) is 36.2 Å². The number of carbonyl (C=O) groups is 2. The molecule has 0 saturated heterocycles. The molecule has 5 heteroatoms. The Morgan fingerprint density at radius 3 is 2.09 bits per heavy atom. The number of hydrogen-bond donors (Lipinski definition) is 0. The second-order valence-electron chi connectivity index (χ2n) is 5.12. The first-order valence-corrected chi connectivity index (χ1v) is 7.72. The van der Waals surface area contributed by atoms with Crippen LogP contribution in [-0.4, -0.2) is 16.7 Å². The summed E-state index contributed by atoms with van der Waals surface area (Å²) in [4.78, 5) is 26.5. The number of halogens is 2. The number of hydrogen-bond acceptors (Lipinski definition) is 2. The summed E-state index contributed by atoms with van der Waals surface area (Å²) in [5.74, 6) is -0.558. The molecule has 0 saturated carbocycles. The van der Waals surface area contributed by atoms with Crippen LogP contribution in [0.1, 0.15) is 45.7 Å². The fraction of sp³-hybridized carbons (Fsp3) is 0.176. The first kappa shape index (κ1) is 15.1. The Hall–Kier alpha value is -1.84. The van der Waals surface area contributed by atoms with Crippen LogP contribution in [0.15, 0.2) is 42.5 Å². The predicted octanol–water partition coefficient (Wildman–Crippen LogP) is 4.74. The molecule has 1 atom stereocenters. The first-order chi connectivity index (χ1) is 10.5. The second-order valence-corrected chi connectivity index (χ2v) is 5.96. The predicted molar refractivity (Wildman–Crippen MR) is 86.4 cm³/mol. The van der Waals surface area contributed by atoms with E-state index in [4.69, 9.17) is 23.2 Å². The number of imide groups is 1. The fourth-order valence-electron chi connectivity index (χ4n) is 2.80. The molecule has 2 aromatic carbocycles. The lowest BCUT2D eigenvalue weighted by Crippen LogP contribution is -2.34. The minimum atomic E-state index is -0.405. The van der Waals surface area contributed by atoms with Gasteiger partial charge in [0.25, 0.3) is 11.8 Å². The average molecular weight is 334 g/mol. The second kappa shape index (κ2) is 5.75. The number of rotatable bonds is 3. The molecule has 3 nitrogen and oxygen atoms in total. The topological polar surface area (TPSA) is 37.4 Å². The Morgan fingerprint density at radius 1 is 1.00 bits per heavy atom. The highest BCUT2D eigenvalue weighted by molar-refractivity contribution is 6.35. The van der Waals surface area contributed by atoms with Crippen molar-refractivity contribution in [2.24, 2.45) is 0 Å². The van der Waals surface area contributed by atoms with Gasteiger partial charge in [0.05, 0.1) is 17.2 Å². The molecule has 0 N–H and O–H groups in total. The van der Waals surface area contributed by atoms with Crippen molar-refractivity contribution in [1.82, 2.24) is 4.90 Å². The third kappa shape index (κ3) is 2.31. The number of benzene rings is 2. The summed E-state index contributed by atoms with van der Waals surface area (Å²) in [5.41, 5.74) is 1.61. The summed E-state index contributed by atoms with van der Waals surface area (Å²) in [7, 11) is 0. The quantitative estimate of drug-likeness (QED) is 0.760. The van der Waals surface area contributed by atoms with Crippen LogP contribution in [0.4, 0.5) is 0 Å². The maximum atomic E-state index is 12.6. The lowest BCUT2D eigenvalue weighted by molar-refractivity contribution is 0.0578. The Morgan fingerprint density at radius 2 is 1.59 bits per heavy atom. The summed E-state index contributed by atoms with van der Waals surface area (Å²) in [6, 6.07) is 11.5. The molecule has 0 aliphatic carbocycles. The molecule has 3 rings (SSSR count). The van der Waals surface area contributed by atoms with E-state index < -0.39 is 6.04 Å². The maximum absolute atomic E-state index is 12.6. The highest BCUT2D eigenvalue weighted by atomic mass is 35.5. The van der Waals surface area contributed by atoms with E-state index in [-0.39, 0.29) is 11.8 Å². The van der Waals surface area contributed by atoms with Crippen LogP contribution in [-0.2, 0) is 0 Å². The molecule has 0 fully saturated rings. The highest BCUT2D eigenvalue weighted by Crippen LogP contribution is 2.36. The van der Waals surface area contributed by atoms with Gasteiger partial charge in [-0.25, -0.2) is 0 Å². The number of amides is 2. The van der Waals surface area contributed by atoms with Gasteiger partial charge in [-0.2, -0.15) is 0 Å². The van der Waals surface area contributed by atoms with Crippen LogP contribution in [0.5, 0.6) is 0 Å².